The van der Waals surface area contributed by atoms with Gasteiger partial charge in [-0.25, -0.2) is 0 Å². The number of aromatic nitrogens is 1. The molecule has 2 aliphatic heterocycles. The number of fused-ring (bicyclic) bond motifs is 3. The van der Waals surface area contributed by atoms with Gasteiger partial charge in [0.1, 0.15) is 17.4 Å². The number of nitrogens with one attached hydrogen (secondary N) is 1. The van der Waals surface area contributed by atoms with E-state index in [-0.39, 0.29) is 5.91 Å². The average Bonchev–Trinajstić information content (AvgIpc) is 3.15. The lowest BCUT2D eigenvalue weighted by Gasteiger charge is -2.25. The Bertz CT molecular complexity index is 913. The van der Waals surface area contributed by atoms with Crippen molar-refractivity contribution in [3.63, 3.8) is 0 Å². The van der Waals surface area contributed by atoms with Gasteiger partial charge in [-0.05, 0) is 43.1 Å². The van der Waals surface area contributed by atoms with E-state index in [0.29, 0.717) is 40.3 Å². The van der Waals surface area contributed by atoms with Crippen LogP contribution in [0.25, 0.3) is 10.9 Å². The number of aliphatic hydroxyl groups is 1. The lowest BCUT2D eigenvalue weighted by molar-refractivity contribution is -0.134. The summed E-state index contributed by atoms with van der Waals surface area (Å²) >= 11 is 12.9. The van der Waals surface area contributed by atoms with Crippen molar-refractivity contribution in [3.05, 3.63) is 32.9 Å². The second-order valence-corrected chi connectivity index (χ2v) is 7.75. The van der Waals surface area contributed by atoms with E-state index in [1.165, 1.54) is 0 Å². The van der Waals surface area contributed by atoms with Crippen LogP contribution in [-0.4, -0.2) is 47.7 Å². The van der Waals surface area contributed by atoms with Gasteiger partial charge in [0.2, 0.25) is 5.91 Å². The summed E-state index contributed by atoms with van der Waals surface area (Å²) in [7, 11) is 1.54. The number of carbonyl (C=O) groups excluding carboxylic acids is 1. The van der Waals surface area contributed by atoms with Gasteiger partial charge < -0.3 is 20.1 Å². The van der Waals surface area contributed by atoms with E-state index in [2.05, 4.69) is 5.32 Å². The minimum atomic E-state index is -0.502. The number of carbonyl (C=O) groups is 1. The number of amides is 1. The zero-order valence-electron chi connectivity index (χ0n) is 15.0. The van der Waals surface area contributed by atoms with Crippen LogP contribution in [-0.2, 0) is 17.9 Å². The molecule has 0 bridgehead atoms. The van der Waals surface area contributed by atoms with Crippen LogP contribution in [0.2, 0.25) is 10.0 Å². The van der Waals surface area contributed by atoms with Crippen molar-refractivity contribution in [1.29, 1.82) is 0 Å². The fraction of sp³-hybridized carbons (Fsp3) is 0.474. The number of benzene rings is 1. The van der Waals surface area contributed by atoms with Crippen LogP contribution in [0.15, 0.2) is 6.07 Å². The van der Waals surface area contributed by atoms with Gasteiger partial charge in [-0.3, -0.25) is 9.78 Å². The molecule has 144 valence electrons. The Labute approximate surface area is 167 Å². The molecular formula is C19H21Cl2N3O3. The predicted octanol–water partition coefficient (Wildman–Crippen LogP) is 2.85. The fourth-order valence-electron chi connectivity index (χ4n) is 4.09. The molecule has 3 heterocycles. The number of nitrogens with zero attached hydrogens (tertiary/aromatic N) is 2. The highest BCUT2D eigenvalue weighted by molar-refractivity contribution is 6.46. The molecule has 1 amide bonds. The van der Waals surface area contributed by atoms with Crippen LogP contribution in [0.3, 0.4) is 0 Å². The van der Waals surface area contributed by atoms with Crippen LogP contribution in [0.5, 0.6) is 5.75 Å². The fourth-order valence-corrected chi connectivity index (χ4v) is 4.55. The molecular weight excluding hydrogens is 389 g/mol. The summed E-state index contributed by atoms with van der Waals surface area (Å²) in [4.78, 5) is 18.7. The molecule has 0 unspecified atom stereocenters. The molecule has 1 aromatic heterocycles. The maximum atomic E-state index is 12.1. The number of rotatable bonds is 3. The minimum Gasteiger partial charge on any atom is -0.495 e. The van der Waals surface area contributed by atoms with E-state index < -0.39 is 6.61 Å². The summed E-state index contributed by atoms with van der Waals surface area (Å²) in [6.07, 6.45) is 1.97. The smallest absolute Gasteiger partial charge is 0.248 e. The van der Waals surface area contributed by atoms with Crippen LogP contribution in [0.1, 0.15) is 35.6 Å². The van der Waals surface area contributed by atoms with Crippen molar-refractivity contribution in [2.75, 3.05) is 26.8 Å². The van der Waals surface area contributed by atoms with E-state index in [9.17, 15) is 9.90 Å². The molecule has 0 aliphatic carbocycles. The van der Waals surface area contributed by atoms with Crippen molar-refractivity contribution in [2.24, 2.45) is 0 Å². The third-order valence-corrected chi connectivity index (χ3v) is 6.35. The number of ether oxygens (including phenoxy) is 1. The van der Waals surface area contributed by atoms with Crippen LogP contribution >= 0.6 is 23.2 Å². The molecule has 0 saturated carbocycles. The van der Waals surface area contributed by atoms with Crippen molar-refractivity contribution < 1.29 is 14.6 Å². The van der Waals surface area contributed by atoms with Crippen molar-refractivity contribution in [3.8, 4) is 5.75 Å². The van der Waals surface area contributed by atoms with E-state index >= 15 is 0 Å². The molecule has 8 heteroatoms. The Hall–Kier alpha value is -1.60. The van der Waals surface area contributed by atoms with Gasteiger partial charge in [-0.1, -0.05) is 23.2 Å². The Kier molecular flexibility index (Phi) is 5.16. The number of aliphatic hydroxyl groups excluding tert-OH is 1. The third-order valence-electron chi connectivity index (χ3n) is 5.51. The summed E-state index contributed by atoms with van der Waals surface area (Å²) in [5.74, 6) is 0.507. The largest absolute Gasteiger partial charge is 0.495 e. The summed E-state index contributed by atoms with van der Waals surface area (Å²) in [5, 5.41) is 14.2. The Balaban J connectivity index is 1.94. The van der Waals surface area contributed by atoms with Crippen LogP contribution in [0, 0.1) is 0 Å². The normalized spacial score (nSPS) is 17.4. The van der Waals surface area contributed by atoms with Crippen molar-refractivity contribution >= 4 is 40.0 Å². The second-order valence-electron chi connectivity index (χ2n) is 6.99. The molecule has 0 spiro atoms. The molecule has 4 rings (SSSR count). The van der Waals surface area contributed by atoms with Gasteiger partial charge in [0.05, 0.1) is 17.6 Å². The number of methoxy groups -OCH3 is 1. The monoisotopic (exact) mass is 409 g/mol. The Morgan fingerprint density at radius 1 is 1.30 bits per heavy atom. The van der Waals surface area contributed by atoms with Gasteiger partial charge in [0, 0.05) is 30.1 Å². The van der Waals surface area contributed by atoms with Crippen molar-refractivity contribution in [2.45, 2.75) is 31.8 Å². The molecule has 0 radical (unpaired) electrons. The molecule has 1 aromatic carbocycles. The first-order valence-electron chi connectivity index (χ1n) is 9.01. The molecule has 1 saturated heterocycles. The molecule has 27 heavy (non-hydrogen) atoms. The number of hydrogen-bond donors (Lipinski definition) is 2. The summed E-state index contributed by atoms with van der Waals surface area (Å²) < 4.78 is 5.36. The first-order chi connectivity index (χ1) is 13.0. The quantitative estimate of drug-likeness (QED) is 0.814. The predicted molar refractivity (Wildman–Crippen MR) is 104 cm³/mol. The topological polar surface area (TPSA) is 74.7 Å². The summed E-state index contributed by atoms with van der Waals surface area (Å²) in [5.41, 5.74) is 3.73. The van der Waals surface area contributed by atoms with Gasteiger partial charge in [0.15, 0.2) is 0 Å². The number of pyridine rings is 1. The van der Waals surface area contributed by atoms with Gasteiger partial charge in [-0.15, -0.1) is 0 Å². The van der Waals surface area contributed by atoms with Gasteiger partial charge in [-0.2, -0.15) is 0 Å². The lowest BCUT2D eigenvalue weighted by atomic mass is 9.89. The molecule has 1 fully saturated rings. The lowest BCUT2D eigenvalue weighted by Crippen LogP contribution is -2.29. The highest BCUT2D eigenvalue weighted by Crippen LogP contribution is 2.43. The molecule has 2 aromatic rings. The molecule has 6 nitrogen and oxygen atoms in total. The van der Waals surface area contributed by atoms with Gasteiger partial charge >= 0.3 is 0 Å². The zero-order chi connectivity index (χ0) is 19.1. The third kappa shape index (κ3) is 3.14. The first-order valence-corrected chi connectivity index (χ1v) is 9.77. The Morgan fingerprint density at radius 2 is 2.00 bits per heavy atom. The molecule has 2 aliphatic rings. The van der Waals surface area contributed by atoms with E-state index in [1.807, 2.05) is 6.07 Å². The standard InChI is InChI=1S/C19H21Cl2N3O3/c1-27-14-6-11-12-7-24(15(26)9-25)8-13(12)18(10-2-4-22-5-3-10)23-19(11)17(21)16(14)20/h6,10,22,25H,2-5,7-9H2,1H3. The van der Waals surface area contributed by atoms with E-state index in [1.54, 1.807) is 12.0 Å². The van der Waals surface area contributed by atoms with Crippen LogP contribution in [0.4, 0.5) is 0 Å². The molecule has 2 N–H and O–H groups in total. The number of hydrogen-bond acceptors (Lipinski definition) is 5. The number of piperidine rings is 1. The van der Waals surface area contributed by atoms with Crippen molar-refractivity contribution in [1.82, 2.24) is 15.2 Å². The summed E-state index contributed by atoms with van der Waals surface area (Å²) in [6.45, 7) is 2.26. The first kappa shape index (κ1) is 18.7. The highest BCUT2D eigenvalue weighted by Gasteiger charge is 2.32. The Morgan fingerprint density at radius 3 is 2.67 bits per heavy atom. The van der Waals surface area contributed by atoms with Gasteiger partial charge in [0.25, 0.3) is 0 Å². The maximum absolute atomic E-state index is 12.1. The SMILES string of the molecule is COc1cc2c3c(c(C4CCNCC4)nc2c(Cl)c1Cl)CN(C(=O)CO)C3. The van der Waals surface area contributed by atoms with Crippen LogP contribution < -0.4 is 10.1 Å². The van der Waals surface area contributed by atoms with E-state index in [0.717, 1.165) is 48.1 Å². The highest BCUT2D eigenvalue weighted by atomic mass is 35.5. The second kappa shape index (κ2) is 7.43. The number of halogens is 2. The average molecular weight is 410 g/mol. The molecule has 0 atom stereocenters. The maximum Gasteiger partial charge on any atom is 0.248 e. The minimum absolute atomic E-state index is 0.289. The summed E-state index contributed by atoms with van der Waals surface area (Å²) in [6, 6.07) is 1.84. The van der Waals surface area contributed by atoms with E-state index in [4.69, 9.17) is 32.9 Å². The zero-order valence-corrected chi connectivity index (χ0v) is 16.5.